The third-order valence-electron chi connectivity index (χ3n) is 4.35. The summed E-state index contributed by atoms with van der Waals surface area (Å²) in [5, 5.41) is 13.2. The van der Waals surface area contributed by atoms with Gasteiger partial charge in [0.2, 0.25) is 0 Å². The summed E-state index contributed by atoms with van der Waals surface area (Å²) < 4.78 is 1.04. The molecule has 0 saturated carbocycles. The van der Waals surface area contributed by atoms with Gasteiger partial charge in [0.25, 0.3) is 0 Å². The molecule has 0 aliphatic heterocycles. The molecule has 1 unspecified atom stereocenters. The maximum atomic E-state index is 9.60. The van der Waals surface area contributed by atoms with Crippen LogP contribution in [0.3, 0.4) is 0 Å². The van der Waals surface area contributed by atoms with Crippen LogP contribution in [-0.2, 0) is 0 Å². The van der Waals surface area contributed by atoms with Crippen molar-refractivity contribution in [3.8, 4) is 0 Å². The minimum atomic E-state index is 0.0952. The van der Waals surface area contributed by atoms with Crippen LogP contribution in [0.1, 0.15) is 34.6 Å². The third kappa shape index (κ3) is 4.15. The molecule has 3 rings (SSSR count). The fourth-order valence-electron chi connectivity index (χ4n) is 3.06. The summed E-state index contributed by atoms with van der Waals surface area (Å²) in [6.45, 7) is 2.11. The highest BCUT2D eigenvalue weighted by Gasteiger charge is 2.20. The van der Waals surface area contributed by atoms with Crippen molar-refractivity contribution < 1.29 is 5.21 Å². The maximum absolute atomic E-state index is 9.60. The molecule has 0 amide bonds. The van der Waals surface area contributed by atoms with Gasteiger partial charge in [-0.3, -0.25) is 4.98 Å². The Balaban J connectivity index is 2.04. The molecule has 3 aromatic rings. The minimum absolute atomic E-state index is 0.0952. The molecule has 1 N–H and O–H groups in total. The molecule has 25 heavy (non-hydrogen) atoms. The van der Waals surface area contributed by atoms with Crippen LogP contribution in [0.15, 0.2) is 82.7 Å². The van der Waals surface area contributed by atoms with E-state index in [1.807, 2.05) is 30.3 Å². The van der Waals surface area contributed by atoms with Crippen LogP contribution >= 0.6 is 15.9 Å². The van der Waals surface area contributed by atoms with Crippen LogP contribution in [0.5, 0.6) is 0 Å². The fourth-order valence-corrected chi connectivity index (χ4v) is 3.48. The first kappa shape index (κ1) is 17.4. The predicted octanol–water partition coefficient (Wildman–Crippen LogP) is 5.55. The molecule has 4 heteroatoms. The summed E-state index contributed by atoms with van der Waals surface area (Å²) in [6, 6.07) is 20.4. The van der Waals surface area contributed by atoms with E-state index in [1.165, 1.54) is 16.7 Å². The molecule has 0 radical (unpaired) electrons. The summed E-state index contributed by atoms with van der Waals surface area (Å²) in [5.74, 6) is 0.0952. The number of oxime groups is 1. The first-order valence-corrected chi connectivity index (χ1v) is 8.90. The zero-order valence-corrected chi connectivity index (χ0v) is 15.5. The van der Waals surface area contributed by atoms with Crippen LogP contribution in [0.2, 0.25) is 0 Å². The smallest absolute Gasteiger partial charge is 0.0878 e. The topological polar surface area (TPSA) is 45.5 Å². The van der Waals surface area contributed by atoms with E-state index < -0.39 is 0 Å². The number of aromatic nitrogens is 1. The molecule has 1 heterocycles. The van der Waals surface area contributed by atoms with E-state index in [1.54, 1.807) is 12.4 Å². The highest BCUT2D eigenvalue weighted by Crippen LogP contribution is 2.33. The Bertz CT molecular complexity index is 878. The Kier molecular flexibility index (Phi) is 5.61. The van der Waals surface area contributed by atoms with Gasteiger partial charge in [-0.15, -0.1) is 0 Å². The quantitative estimate of drug-likeness (QED) is 0.350. The van der Waals surface area contributed by atoms with Gasteiger partial charge in [-0.1, -0.05) is 57.5 Å². The minimum Gasteiger partial charge on any atom is -0.411 e. The first-order chi connectivity index (χ1) is 12.2. The van der Waals surface area contributed by atoms with E-state index in [-0.39, 0.29) is 5.92 Å². The van der Waals surface area contributed by atoms with Gasteiger partial charge >= 0.3 is 0 Å². The van der Waals surface area contributed by atoms with Gasteiger partial charge in [0.05, 0.1) is 5.71 Å². The Hall–Kier alpha value is -2.46. The van der Waals surface area contributed by atoms with Crippen LogP contribution in [0.25, 0.3) is 0 Å². The second kappa shape index (κ2) is 8.08. The lowest BCUT2D eigenvalue weighted by molar-refractivity contribution is 0.317. The van der Waals surface area contributed by atoms with E-state index in [0.717, 1.165) is 10.0 Å². The monoisotopic (exact) mass is 394 g/mol. The molecule has 126 valence electrons. The lowest BCUT2D eigenvalue weighted by Crippen LogP contribution is -2.11. The number of rotatable bonds is 5. The van der Waals surface area contributed by atoms with Crippen molar-refractivity contribution in [2.24, 2.45) is 5.16 Å². The number of benzene rings is 2. The van der Waals surface area contributed by atoms with E-state index in [0.29, 0.717) is 12.1 Å². The van der Waals surface area contributed by atoms with Crippen LogP contribution in [0.4, 0.5) is 0 Å². The molecule has 0 fully saturated rings. The van der Waals surface area contributed by atoms with E-state index in [4.69, 9.17) is 0 Å². The number of aryl methyl sites for hydroxylation is 1. The van der Waals surface area contributed by atoms with Gasteiger partial charge in [-0.25, -0.2) is 0 Å². The number of hydrogen-bond donors (Lipinski definition) is 1. The predicted molar refractivity (Wildman–Crippen MR) is 104 cm³/mol. The standard InChI is InChI=1S/C21H19BrN2O/c1-15-5-2-3-8-19(15)20(17-6-4-7-18(22)13-17)14-21(24-25)16-9-11-23-12-10-16/h2-13,20,25H,14H2,1H3. The number of halogens is 1. The zero-order chi connectivity index (χ0) is 17.6. The molecular formula is C21H19BrN2O. The van der Waals surface area contributed by atoms with Crippen LogP contribution in [-0.4, -0.2) is 15.9 Å². The zero-order valence-electron chi connectivity index (χ0n) is 13.9. The molecule has 2 aromatic carbocycles. The molecule has 0 aliphatic rings. The van der Waals surface area contributed by atoms with Gasteiger partial charge < -0.3 is 5.21 Å². The average molecular weight is 395 g/mol. The molecule has 0 aliphatic carbocycles. The highest BCUT2D eigenvalue weighted by atomic mass is 79.9. The lowest BCUT2D eigenvalue weighted by Gasteiger charge is -2.21. The Labute approximate surface area is 156 Å². The molecular weight excluding hydrogens is 376 g/mol. The van der Waals surface area contributed by atoms with E-state index in [2.05, 4.69) is 63.3 Å². The Morgan fingerprint density at radius 3 is 2.52 bits per heavy atom. The van der Waals surface area contributed by atoms with Gasteiger partial charge in [-0.05, 0) is 47.9 Å². The Morgan fingerprint density at radius 2 is 1.84 bits per heavy atom. The van der Waals surface area contributed by atoms with Crippen molar-refractivity contribution in [1.82, 2.24) is 4.98 Å². The molecule has 3 nitrogen and oxygen atoms in total. The fraction of sp³-hybridized carbons (Fsp3) is 0.143. The molecule has 0 saturated heterocycles. The number of nitrogens with zero attached hydrogens (tertiary/aromatic N) is 2. The Morgan fingerprint density at radius 1 is 1.08 bits per heavy atom. The second-order valence-electron chi connectivity index (χ2n) is 5.95. The summed E-state index contributed by atoms with van der Waals surface area (Å²) in [5.41, 5.74) is 5.16. The maximum Gasteiger partial charge on any atom is 0.0878 e. The van der Waals surface area contributed by atoms with Gasteiger partial charge in [0, 0.05) is 34.8 Å². The van der Waals surface area contributed by atoms with Crippen molar-refractivity contribution in [2.75, 3.05) is 0 Å². The van der Waals surface area contributed by atoms with Gasteiger partial charge in [0.15, 0.2) is 0 Å². The van der Waals surface area contributed by atoms with E-state index in [9.17, 15) is 5.21 Å². The van der Waals surface area contributed by atoms with Crippen LogP contribution in [0, 0.1) is 6.92 Å². The summed E-state index contributed by atoms with van der Waals surface area (Å²) in [6.07, 6.45) is 4.02. The third-order valence-corrected chi connectivity index (χ3v) is 4.84. The van der Waals surface area contributed by atoms with Gasteiger partial charge in [-0.2, -0.15) is 0 Å². The number of pyridine rings is 1. The van der Waals surface area contributed by atoms with Crippen LogP contribution < -0.4 is 0 Å². The second-order valence-corrected chi connectivity index (χ2v) is 6.87. The summed E-state index contributed by atoms with van der Waals surface area (Å²) >= 11 is 3.56. The summed E-state index contributed by atoms with van der Waals surface area (Å²) in [7, 11) is 0. The highest BCUT2D eigenvalue weighted by molar-refractivity contribution is 9.10. The molecule has 0 bridgehead atoms. The SMILES string of the molecule is Cc1ccccc1C(CC(=NO)c1ccncc1)c1cccc(Br)c1. The average Bonchev–Trinajstić information content (AvgIpc) is 2.64. The molecule has 1 atom stereocenters. The van der Waals surface area contributed by atoms with Crippen molar-refractivity contribution in [3.63, 3.8) is 0 Å². The van der Waals surface area contributed by atoms with Crippen molar-refractivity contribution in [2.45, 2.75) is 19.3 Å². The molecule has 0 spiro atoms. The first-order valence-electron chi connectivity index (χ1n) is 8.11. The van der Waals surface area contributed by atoms with E-state index >= 15 is 0 Å². The largest absolute Gasteiger partial charge is 0.411 e. The normalized spacial score (nSPS) is 12.8. The molecule has 1 aromatic heterocycles. The van der Waals surface area contributed by atoms with Crippen molar-refractivity contribution in [3.05, 3.63) is 99.8 Å². The van der Waals surface area contributed by atoms with Crippen molar-refractivity contribution >= 4 is 21.6 Å². The van der Waals surface area contributed by atoms with Crippen molar-refractivity contribution in [1.29, 1.82) is 0 Å². The number of hydrogen-bond acceptors (Lipinski definition) is 3. The lowest BCUT2D eigenvalue weighted by atomic mass is 9.83. The van der Waals surface area contributed by atoms with Gasteiger partial charge in [0.1, 0.15) is 0 Å². The summed E-state index contributed by atoms with van der Waals surface area (Å²) in [4.78, 5) is 4.04.